The van der Waals surface area contributed by atoms with Gasteiger partial charge in [0.2, 0.25) is 0 Å². The maximum Gasteiger partial charge on any atom is 0.264 e. The fourth-order valence-corrected chi connectivity index (χ4v) is 4.02. The quantitative estimate of drug-likeness (QED) is 0.220. The summed E-state index contributed by atoms with van der Waals surface area (Å²) in [7, 11) is -7.95. The number of ether oxygens (including phenoxy) is 2. The smallest absolute Gasteiger partial charge is 0.264 e. The minimum atomic E-state index is -3.97. The Hall–Kier alpha value is -3.80. The Morgan fingerprint density at radius 3 is 1.03 bits per heavy atom. The van der Waals surface area contributed by atoms with E-state index in [0.717, 1.165) is 22.3 Å². The molecule has 10 heteroatoms. The predicted molar refractivity (Wildman–Crippen MR) is 144 cm³/mol. The van der Waals surface area contributed by atoms with E-state index >= 15 is 0 Å². The maximum atomic E-state index is 10.7. The van der Waals surface area contributed by atoms with Gasteiger partial charge in [0.15, 0.2) is 0 Å². The molecule has 0 radical (unpaired) electrons. The molecule has 0 saturated heterocycles. The van der Waals surface area contributed by atoms with Crippen molar-refractivity contribution < 1.29 is 35.4 Å². The van der Waals surface area contributed by atoms with Crippen LogP contribution in [0.3, 0.4) is 0 Å². The van der Waals surface area contributed by atoms with E-state index in [1.54, 1.807) is 48.5 Å². The lowest BCUT2D eigenvalue weighted by atomic mass is 10.1. The van der Waals surface area contributed by atoms with Crippen LogP contribution < -0.4 is 9.47 Å². The van der Waals surface area contributed by atoms with Crippen LogP contribution in [0.4, 0.5) is 0 Å². The molecule has 0 spiro atoms. The summed E-state index contributed by atoms with van der Waals surface area (Å²) in [4.78, 5) is 0. The normalized spacial score (nSPS) is 11.0. The Morgan fingerprint density at radius 1 is 0.500 bits per heavy atom. The summed E-state index contributed by atoms with van der Waals surface area (Å²) < 4.78 is 71.2. The topological polar surface area (TPSA) is 127 Å². The Kier molecular flexibility index (Phi) is 10.3. The van der Waals surface area contributed by atoms with Gasteiger partial charge in [0, 0.05) is 22.3 Å². The zero-order valence-electron chi connectivity index (χ0n) is 20.3. The molecule has 198 valence electrons. The zero-order valence-corrected chi connectivity index (χ0v) is 22.0. The molecule has 0 aromatic heterocycles. The van der Waals surface area contributed by atoms with Gasteiger partial charge >= 0.3 is 0 Å². The fraction of sp³-hybridized carbons (Fsp3) is 0.214. The van der Waals surface area contributed by atoms with Crippen LogP contribution in [0.1, 0.15) is 35.1 Å². The van der Waals surface area contributed by atoms with Gasteiger partial charge in [-0.05, 0) is 85.6 Å². The van der Waals surface area contributed by atoms with Crippen molar-refractivity contribution in [2.75, 3.05) is 24.7 Å². The van der Waals surface area contributed by atoms with Crippen molar-refractivity contribution in [3.05, 3.63) is 95.1 Å². The standard InChI is InChI=1S/C28H26O8S2/c29-37(30,31)21-1-19-35-27-15-11-25(12-16-27)9-7-23-3-5-24(6-4-23)8-10-26-13-17-28(18-14-26)36-20-2-22-38(32,33)34/h3-6,11-18H,1-2,19-22H2,(H,29,30,31)(H,32,33,34). The Morgan fingerprint density at radius 2 is 0.763 bits per heavy atom. The van der Waals surface area contributed by atoms with Crippen LogP contribution in [0.5, 0.6) is 11.5 Å². The molecule has 0 unspecified atom stereocenters. The molecule has 0 aliphatic carbocycles. The summed E-state index contributed by atoms with van der Waals surface area (Å²) in [5.41, 5.74) is 3.25. The van der Waals surface area contributed by atoms with Crippen LogP contribution in [0, 0.1) is 23.7 Å². The van der Waals surface area contributed by atoms with Gasteiger partial charge in [0.1, 0.15) is 11.5 Å². The van der Waals surface area contributed by atoms with Crippen molar-refractivity contribution >= 4 is 20.2 Å². The summed E-state index contributed by atoms with van der Waals surface area (Å²) >= 11 is 0. The predicted octanol–water partition coefficient (Wildman–Crippen LogP) is 3.80. The van der Waals surface area contributed by atoms with E-state index in [-0.39, 0.29) is 37.6 Å². The molecule has 8 nitrogen and oxygen atoms in total. The summed E-state index contributed by atoms with van der Waals surface area (Å²) in [6.07, 6.45) is 0.401. The van der Waals surface area contributed by atoms with Crippen LogP contribution >= 0.6 is 0 Å². The number of hydrogen-bond donors (Lipinski definition) is 2. The molecule has 2 N–H and O–H groups in total. The molecule has 0 amide bonds. The third-order valence-electron chi connectivity index (χ3n) is 4.93. The maximum absolute atomic E-state index is 10.7. The zero-order chi connectivity index (χ0) is 27.4. The van der Waals surface area contributed by atoms with Crippen LogP contribution in [-0.2, 0) is 20.2 Å². The van der Waals surface area contributed by atoms with E-state index in [0.29, 0.717) is 11.5 Å². The molecule has 0 aliphatic rings. The van der Waals surface area contributed by atoms with Gasteiger partial charge in [-0.2, -0.15) is 16.8 Å². The lowest BCUT2D eigenvalue weighted by Crippen LogP contribution is -2.08. The van der Waals surface area contributed by atoms with Gasteiger partial charge in [-0.3, -0.25) is 9.11 Å². The van der Waals surface area contributed by atoms with Gasteiger partial charge in [0.05, 0.1) is 24.7 Å². The molecule has 3 rings (SSSR count). The van der Waals surface area contributed by atoms with E-state index in [4.69, 9.17) is 18.6 Å². The van der Waals surface area contributed by atoms with E-state index in [1.807, 2.05) is 24.3 Å². The van der Waals surface area contributed by atoms with E-state index < -0.39 is 20.2 Å². The summed E-state index contributed by atoms with van der Waals surface area (Å²) in [5.74, 6) is 12.8. The third kappa shape index (κ3) is 11.5. The Balaban J connectivity index is 1.48. The second-order valence-electron chi connectivity index (χ2n) is 8.10. The van der Waals surface area contributed by atoms with Crippen molar-refractivity contribution in [2.45, 2.75) is 12.8 Å². The highest BCUT2D eigenvalue weighted by atomic mass is 32.2. The number of hydrogen-bond acceptors (Lipinski definition) is 6. The molecule has 38 heavy (non-hydrogen) atoms. The highest BCUT2D eigenvalue weighted by molar-refractivity contribution is 7.86. The molecule has 0 bridgehead atoms. The second kappa shape index (κ2) is 13.7. The lowest BCUT2D eigenvalue weighted by molar-refractivity contribution is 0.316. The molecule has 0 fully saturated rings. The molecular weight excluding hydrogens is 528 g/mol. The molecular formula is C28H26O8S2. The summed E-state index contributed by atoms with van der Waals surface area (Å²) in [6.45, 7) is 0.365. The summed E-state index contributed by atoms with van der Waals surface area (Å²) in [5, 5.41) is 0. The minimum Gasteiger partial charge on any atom is -0.494 e. The second-order valence-corrected chi connectivity index (χ2v) is 11.2. The first kappa shape index (κ1) is 28.8. The van der Waals surface area contributed by atoms with Gasteiger partial charge in [0.25, 0.3) is 20.2 Å². The van der Waals surface area contributed by atoms with E-state index in [9.17, 15) is 16.8 Å². The first-order chi connectivity index (χ1) is 18.1. The SMILES string of the molecule is O=S(=O)(O)CCCOc1ccc(C#Cc2ccc(C#Cc3ccc(OCCCS(=O)(=O)O)cc3)cc2)cc1. The first-order valence-corrected chi connectivity index (χ1v) is 14.8. The van der Waals surface area contributed by atoms with E-state index in [1.165, 1.54) is 0 Å². The minimum absolute atomic E-state index is 0.182. The molecule has 0 heterocycles. The average molecular weight is 555 g/mol. The lowest BCUT2D eigenvalue weighted by Gasteiger charge is -2.05. The van der Waals surface area contributed by atoms with Gasteiger partial charge in [-0.15, -0.1) is 0 Å². The highest BCUT2D eigenvalue weighted by Gasteiger charge is 2.05. The van der Waals surface area contributed by atoms with Gasteiger partial charge < -0.3 is 9.47 Å². The van der Waals surface area contributed by atoms with Crippen LogP contribution in [-0.4, -0.2) is 50.7 Å². The number of benzene rings is 3. The monoisotopic (exact) mass is 554 g/mol. The Bertz CT molecular complexity index is 1420. The van der Waals surface area contributed by atoms with Gasteiger partial charge in [-0.1, -0.05) is 23.7 Å². The highest BCUT2D eigenvalue weighted by Crippen LogP contribution is 2.13. The van der Waals surface area contributed by atoms with Gasteiger partial charge in [-0.25, -0.2) is 0 Å². The van der Waals surface area contributed by atoms with Crippen molar-refractivity contribution in [1.82, 2.24) is 0 Å². The third-order valence-corrected chi connectivity index (χ3v) is 6.54. The fourth-order valence-electron chi connectivity index (χ4n) is 3.06. The molecule has 0 saturated carbocycles. The average Bonchev–Trinajstić information content (AvgIpc) is 2.87. The van der Waals surface area contributed by atoms with Crippen molar-refractivity contribution in [1.29, 1.82) is 0 Å². The summed E-state index contributed by atoms with van der Waals surface area (Å²) in [6, 6.07) is 21.7. The molecule has 3 aromatic rings. The number of rotatable bonds is 10. The largest absolute Gasteiger partial charge is 0.494 e. The van der Waals surface area contributed by atoms with Crippen LogP contribution in [0.15, 0.2) is 72.8 Å². The molecule has 0 atom stereocenters. The van der Waals surface area contributed by atoms with Crippen molar-refractivity contribution in [2.24, 2.45) is 0 Å². The van der Waals surface area contributed by atoms with Crippen molar-refractivity contribution in [3.63, 3.8) is 0 Å². The van der Waals surface area contributed by atoms with Crippen LogP contribution in [0.2, 0.25) is 0 Å². The first-order valence-electron chi connectivity index (χ1n) is 11.6. The molecule has 0 aliphatic heterocycles. The Labute approximate surface area is 223 Å². The molecule has 3 aromatic carbocycles. The van der Waals surface area contributed by atoms with Crippen LogP contribution in [0.25, 0.3) is 0 Å². The van der Waals surface area contributed by atoms with Crippen molar-refractivity contribution in [3.8, 4) is 35.2 Å². The van der Waals surface area contributed by atoms with E-state index in [2.05, 4.69) is 23.7 Å².